The van der Waals surface area contributed by atoms with Gasteiger partial charge in [-0.25, -0.2) is 4.79 Å². The number of unbranched alkanes of at least 4 members (excludes halogenated alkanes) is 1. The van der Waals surface area contributed by atoms with Crippen LogP contribution in [0.25, 0.3) is 11.0 Å². The minimum atomic E-state index is -0.186. The predicted molar refractivity (Wildman–Crippen MR) is 86.8 cm³/mol. The number of ether oxygens (including phenoxy) is 1. The first-order chi connectivity index (χ1) is 10.8. The van der Waals surface area contributed by atoms with E-state index < -0.39 is 0 Å². The minimum absolute atomic E-state index is 0.186. The van der Waals surface area contributed by atoms with Crippen molar-refractivity contribution < 1.29 is 13.9 Å². The first kappa shape index (κ1) is 16.4. The monoisotopic (exact) mass is 304 g/mol. The molecule has 1 heterocycles. The SMILES string of the molecule is CCCCOCCCNC(=O)NCc1cc2ccccc2o1. The molecule has 0 aliphatic rings. The van der Waals surface area contributed by atoms with E-state index in [4.69, 9.17) is 9.15 Å². The summed E-state index contributed by atoms with van der Waals surface area (Å²) in [6, 6.07) is 9.55. The number of hydrogen-bond donors (Lipinski definition) is 2. The zero-order chi connectivity index (χ0) is 15.6. The molecule has 0 bridgehead atoms. The van der Waals surface area contributed by atoms with Gasteiger partial charge in [0.2, 0.25) is 0 Å². The lowest BCUT2D eigenvalue weighted by Gasteiger charge is -2.07. The van der Waals surface area contributed by atoms with Crippen LogP contribution in [0.5, 0.6) is 0 Å². The van der Waals surface area contributed by atoms with Crippen molar-refractivity contribution in [1.82, 2.24) is 10.6 Å². The van der Waals surface area contributed by atoms with Crippen molar-refractivity contribution >= 4 is 17.0 Å². The van der Waals surface area contributed by atoms with E-state index in [1.807, 2.05) is 30.3 Å². The molecule has 0 saturated carbocycles. The van der Waals surface area contributed by atoms with Crippen LogP contribution in [0.4, 0.5) is 4.79 Å². The molecule has 2 rings (SSSR count). The zero-order valence-corrected chi connectivity index (χ0v) is 13.1. The standard InChI is InChI=1S/C17H24N2O3/c1-2-3-10-21-11-6-9-18-17(20)19-13-15-12-14-7-4-5-8-16(14)22-15/h4-5,7-8,12H,2-3,6,9-11,13H2,1H3,(H2,18,19,20). The largest absolute Gasteiger partial charge is 0.459 e. The van der Waals surface area contributed by atoms with Crippen LogP contribution < -0.4 is 10.6 Å². The number of furan rings is 1. The Kier molecular flexibility index (Phi) is 6.77. The number of carbonyl (C=O) groups excluding carboxylic acids is 1. The highest BCUT2D eigenvalue weighted by Gasteiger charge is 2.05. The summed E-state index contributed by atoms with van der Waals surface area (Å²) in [6.07, 6.45) is 3.05. The molecule has 5 nitrogen and oxygen atoms in total. The second kappa shape index (κ2) is 9.10. The Bertz CT molecular complexity index is 547. The number of rotatable bonds is 9. The van der Waals surface area contributed by atoms with Gasteiger partial charge in [-0.15, -0.1) is 0 Å². The van der Waals surface area contributed by atoms with Crippen molar-refractivity contribution in [3.8, 4) is 0 Å². The minimum Gasteiger partial charge on any atom is -0.459 e. The number of nitrogens with one attached hydrogen (secondary N) is 2. The van der Waals surface area contributed by atoms with Gasteiger partial charge in [0.05, 0.1) is 6.54 Å². The van der Waals surface area contributed by atoms with Crippen molar-refractivity contribution in [3.05, 3.63) is 36.1 Å². The second-order valence-electron chi connectivity index (χ2n) is 5.18. The van der Waals surface area contributed by atoms with Crippen LogP contribution >= 0.6 is 0 Å². The van der Waals surface area contributed by atoms with E-state index >= 15 is 0 Å². The van der Waals surface area contributed by atoms with E-state index in [9.17, 15) is 4.79 Å². The highest BCUT2D eigenvalue weighted by molar-refractivity contribution is 5.78. The molecule has 0 saturated heterocycles. The molecule has 1 aromatic carbocycles. The maximum Gasteiger partial charge on any atom is 0.315 e. The Morgan fingerprint density at radius 3 is 2.82 bits per heavy atom. The number of urea groups is 1. The Morgan fingerprint density at radius 2 is 2.00 bits per heavy atom. The van der Waals surface area contributed by atoms with Crippen molar-refractivity contribution in [3.63, 3.8) is 0 Å². The first-order valence-electron chi connectivity index (χ1n) is 7.86. The van der Waals surface area contributed by atoms with Gasteiger partial charge in [-0.1, -0.05) is 31.5 Å². The first-order valence-corrected chi connectivity index (χ1v) is 7.86. The molecule has 2 amide bonds. The lowest BCUT2D eigenvalue weighted by molar-refractivity contribution is 0.129. The Hall–Kier alpha value is -2.01. The highest BCUT2D eigenvalue weighted by atomic mass is 16.5. The van der Waals surface area contributed by atoms with Crippen LogP contribution in [0, 0.1) is 0 Å². The van der Waals surface area contributed by atoms with Crippen LogP contribution in [0.3, 0.4) is 0 Å². The normalized spacial score (nSPS) is 10.8. The van der Waals surface area contributed by atoms with Gasteiger partial charge < -0.3 is 19.8 Å². The summed E-state index contributed by atoms with van der Waals surface area (Å²) < 4.78 is 11.1. The summed E-state index contributed by atoms with van der Waals surface area (Å²) in [7, 11) is 0. The van der Waals surface area contributed by atoms with Gasteiger partial charge in [-0.3, -0.25) is 0 Å². The molecule has 0 aliphatic heterocycles. The summed E-state index contributed by atoms with van der Waals surface area (Å²) in [5, 5.41) is 6.64. The molecular weight excluding hydrogens is 280 g/mol. The number of hydrogen-bond acceptors (Lipinski definition) is 3. The third-order valence-corrected chi connectivity index (χ3v) is 3.29. The van der Waals surface area contributed by atoms with E-state index in [1.165, 1.54) is 0 Å². The zero-order valence-electron chi connectivity index (χ0n) is 13.1. The van der Waals surface area contributed by atoms with E-state index in [2.05, 4.69) is 17.6 Å². The fraction of sp³-hybridized carbons (Fsp3) is 0.471. The van der Waals surface area contributed by atoms with Gasteiger partial charge in [0.1, 0.15) is 11.3 Å². The molecule has 2 aromatic rings. The third-order valence-electron chi connectivity index (χ3n) is 3.29. The topological polar surface area (TPSA) is 63.5 Å². The van der Waals surface area contributed by atoms with E-state index in [-0.39, 0.29) is 6.03 Å². The molecule has 0 fully saturated rings. The maximum absolute atomic E-state index is 11.7. The van der Waals surface area contributed by atoms with Crippen LogP contribution in [-0.2, 0) is 11.3 Å². The van der Waals surface area contributed by atoms with Crippen molar-refractivity contribution in [2.45, 2.75) is 32.7 Å². The maximum atomic E-state index is 11.7. The van der Waals surface area contributed by atoms with Crippen molar-refractivity contribution in [2.24, 2.45) is 0 Å². The summed E-state index contributed by atoms with van der Waals surface area (Å²) in [5.74, 6) is 0.749. The van der Waals surface area contributed by atoms with Gasteiger partial charge >= 0.3 is 6.03 Å². The molecule has 1 aromatic heterocycles. The molecule has 0 radical (unpaired) electrons. The molecule has 0 atom stereocenters. The number of fused-ring (bicyclic) bond motifs is 1. The smallest absolute Gasteiger partial charge is 0.315 e. The van der Waals surface area contributed by atoms with Crippen LogP contribution in [0.15, 0.2) is 34.7 Å². The average molecular weight is 304 g/mol. The lowest BCUT2D eigenvalue weighted by Crippen LogP contribution is -2.35. The van der Waals surface area contributed by atoms with Gasteiger partial charge in [-0.2, -0.15) is 0 Å². The molecule has 0 aliphatic carbocycles. The number of carbonyl (C=O) groups is 1. The fourth-order valence-corrected chi connectivity index (χ4v) is 2.08. The molecular formula is C17H24N2O3. The van der Waals surface area contributed by atoms with Gasteiger partial charge in [0.15, 0.2) is 0 Å². The second-order valence-corrected chi connectivity index (χ2v) is 5.18. The molecule has 22 heavy (non-hydrogen) atoms. The Morgan fingerprint density at radius 1 is 1.18 bits per heavy atom. The summed E-state index contributed by atoms with van der Waals surface area (Å²) in [4.78, 5) is 11.7. The molecule has 0 unspecified atom stereocenters. The molecule has 120 valence electrons. The van der Waals surface area contributed by atoms with Gasteiger partial charge in [0, 0.05) is 25.1 Å². The van der Waals surface area contributed by atoms with Crippen molar-refractivity contribution in [1.29, 1.82) is 0 Å². The molecule has 2 N–H and O–H groups in total. The summed E-state index contributed by atoms with van der Waals surface area (Å²) in [6.45, 7) is 4.61. The Labute approximate surface area is 131 Å². The predicted octanol–water partition coefficient (Wildman–Crippen LogP) is 3.44. The quantitative estimate of drug-likeness (QED) is 0.698. The number of amides is 2. The Balaban J connectivity index is 1.59. The van der Waals surface area contributed by atoms with Crippen LogP contribution in [-0.4, -0.2) is 25.8 Å². The number of benzene rings is 1. The van der Waals surface area contributed by atoms with E-state index in [1.54, 1.807) is 0 Å². The van der Waals surface area contributed by atoms with Gasteiger partial charge in [-0.05, 0) is 25.0 Å². The van der Waals surface area contributed by atoms with Crippen LogP contribution in [0.1, 0.15) is 31.9 Å². The van der Waals surface area contributed by atoms with Crippen LogP contribution in [0.2, 0.25) is 0 Å². The van der Waals surface area contributed by atoms with E-state index in [0.717, 1.165) is 42.6 Å². The fourth-order valence-electron chi connectivity index (χ4n) is 2.08. The third kappa shape index (κ3) is 5.41. The van der Waals surface area contributed by atoms with Gasteiger partial charge in [0.25, 0.3) is 0 Å². The molecule has 5 heteroatoms. The molecule has 0 spiro atoms. The summed E-state index contributed by atoms with van der Waals surface area (Å²) in [5.41, 5.74) is 0.837. The van der Waals surface area contributed by atoms with E-state index in [0.29, 0.717) is 19.7 Å². The summed E-state index contributed by atoms with van der Waals surface area (Å²) >= 11 is 0. The average Bonchev–Trinajstić information content (AvgIpc) is 2.95. The highest BCUT2D eigenvalue weighted by Crippen LogP contribution is 2.18. The lowest BCUT2D eigenvalue weighted by atomic mass is 10.2. The number of para-hydroxylation sites is 1. The van der Waals surface area contributed by atoms with Crippen molar-refractivity contribution in [2.75, 3.05) is 19.8 Å².